The number of aliphatic imine (C=N–C) groups is 1. The van der Waals surface area contributed by atoms with Crippen LogP contribution in [-0.2, 0) is 44.8 Å². The van der Waals surface area contributed by atoms with Crippen molar-refractivity contribution in [3.05, 3.63) is 36.0 Å². The number of guanidine groups is 1. The highest BCUT2D eigenvalue weighted by Gasteiger charge is 2.37. The molecule has 0 aliphatic carbocycles. The monoisotopic (exact) mass is 902 g/mol. The maximum absolute atomic E-state index is 14.3. The number of nitrogens with zero attached hydrogens (tertiary/aromatic N) is 1. The molecule has 22 nitrogen and oxygen atoms in total. The average Bonchev–Trinajstić information content (AvgIpc) is 3.64. The Bertz CT molecular complexity index is 1970. The normalized spacial score (nSPS) is 16.0. The number of amides is 6. The zero-order chi connectivity index (χ0) is 48.4. The van der Waals surface area contributed by atoms with E-state index in [4.69, 9.17) is 17.2 Å². The molecule has 10 atom stereocenters. The summed E-state index contributed by atoms with van der Waals surface area (Å²) in [6.07, 6.45) is -0.0133. The molecular weight excluding hydrogens is 835 g/mol. The summed E-state index contributed by atoms with van der Waals surface area (Å²) in [6, 6.07) is -2.75. The SMILES string of the molecule is CC[C@H](C)[C@H](N)C(=O)N[C@@H](CC(=O)O)C(=O)N[C@@H](CCCN=C(N)N)C(=O)N[C@H](C(=O)N[C@@H](Cc1c[nH]c2ccccc12)C(=O)N[C@H](C(=O)N[C@H](C(=O)O)C(C)C)[C@@H](C)O)[C@@H](C)CC. The van der Waals surface area contributed by atoms with Crippen LogP contribution >= 0.6 is 0 Å². The highest BCUT2D eigenvalue weighted by Crippen LogP contribution is 2.20. The lowest BCUT2D eigenvalue weighted by atomic mass is 9.96. The molecular formula is C42H67N11O11. The van der Waals surface area contributed by atoms with Gasteiger partial charge in [-0.25, -0.2) is 4.79 Å². The quantitative estimate of drug-likeness (QED) is 0.0281. The Kier molecular flexibility index (Phi) is 21.6. The molecule has 0 bridgehead atoms. The van der Waals surface area contributed by atoms with Gasteiger partial charge in [0, 0.05) is 30.1 Å². The molecule has 0 unspecified atom stereocenters. The number of aliphatic hydroxyl groups is 1. The van der Waals surface area contributed by atoms with Crippen molar-refractivity contribution in [1.82, 2.24) is 36.9 Å². The van der Waals surface area contributed by atoms with E-state index in [0.29, 0.717) is 23.8 Å². The number of para-hydroxylation sites is 1. The molecule has 356 valence electrons. The van der Waals surface area contributed by atoms with Gasteiger partial charge in [0.1, 0.15) is 36.3 Å². The number of carboxylic acid groups (broad SMARTS) is 2. The smallest absolute Gasteiger partial charge is 0.326 e. The van der Waals surface area contributed by atoms with Gasteiger partial charge in [0.2, 0.25) is 35.4 Å². The fourth-order valence-electron chi connectivity index (χ4n) is 6.57. The second-order valence-electron chi connectivity index (χ2n) is 16.4. The molecule has 0 spiro atoms. The van der Waals surface area contributed by atoms with E-state index in [1.165, 1.54) is 6.92 Å². The van der Waals surface area contributed by atoms with Crippen molar-refractivity contribution >= 4 is 64.2 Å². The molecule has 6 amide bonds. The van der Waals surface area contributed by atoms with Crippen LogP contribution in [0.1, 0.15) is 86.1 Å². The van der Waals surface area contributed by atoms with Crippen LogP contribution in [0.15, 0.2) is 35.5 Å². The van der Waals surface area contributed by atoms with Gasteiger partial charge in [0.15, 0.2) is 5.96 Å². The molecule has 22 heteroatoms. The van der Waals surface area contributed by atoms with Crippen LogP contribution in [-0.4, -0.2) is 129 Å². The van der Waals surface area contributed by atoms with Crippen molar-refractivity contribution in [3.63, 3.8) is 0 Å². The fourth-order valence-corrected chi connectivity index (χ4v) is 6.57. The van der Waals surface area contributed by atoms with E-state index in [1.54, 1.807) is 72.0 Å². The van der Waals surface area contributed by atoms with Gasteiger partial charge >= 0.3 is 11.9 Å². The minimum Gasteiger partial charge on any atom is -0.481 e. The molecule has 0 saturated carbocycles. The molecule has 0 aliphatic heterocycles. The summed E-state index contributed by atoms with van der Waals surface area (Å²) in [5.74, 6) is -9.85. The molecule has 0 saturated heterocycles. The van der Waals surface area contributed by atoms with E-state index in [2.05, 4.69) is 41.9 Å². The number of hydrogen-bond acceptors (Lipinski definition) is 11. The number of carbonyl (C=O) groups excluding carboxylic acids is 6. The topological polar surface area (TPSA) is 376 Å². The molecule has 16 N–H and O–H groups in total. The summed E-state index contributed by atoms with van der Waals surface area (Å²) in [5.41, 5.74) is 18.3. The number of nitrogens with one attached hydrogen (secondary N) is 7. The number of aliphatic carboxylic acids is 2. The third-order valence-corrected chi connectivity index (χ3v) is 11.0. The molecule has 0 aliphatic rings. The minimum atomic E-state index is -1.65. The third-order valence-electron chi connectivity index (χ3n) is 11.0. The van der Waals surface area contributed by atoms with Crippen molar-refractivity contribution in [2.75, 3.05) is 6.54 Å². The molecule has 2 rings (SSSR count). The number of aromatic amines is 1. The molecule has 1 aromatic heterocycles. The van der Waals surface area contributed by atoms with Crippen LogP contribution in [0.5, 0.6) is 0 Å². The van der Waals surface area contributed by atoms with Gasteiger partial charge in [0.25, 0.3) is 0 Å². The Morgan fingerprint density at radius 1 is 0.688 bits per heavy atom. The highest BCUT2D eigenvalue weighted by molar-refractivity contribution is 5.98. The predicted molar refractivity (Wildman–Crippen MR) is 237 cm³/mol. The lowest BCUT2D eigenvalue weighted by molar-refractivity contribution is -0.144. The van der Waals surface area contributed by atoms with E-state index >= 15 is 0 Å². The van der Waals surface area contributed by atoms with Gasteiger partial charge in [-0.05, 0) is 49.1 Å². The number of aromatic nitrogens is 1. The van der Waals surface area contributed by atoms with Crippen LogP contribution in [0.4, 0.5) is 0 Å². The zero-order valence-electron chi connectivity index (χ0n) is 37.5. The number of aliphatic hydroxyl groups excluding tert-OH is 1. The van der Waals surface area contributed by atoms with Crippen LogP contribution in [0.25, 0.3) is 10.9 Å². The largest absolute Gasteiger partial charge is 0.481 e. The summed E-state index contributed by atoms with van der Waals surface area (Å²) >= 11 is 0. The summed E-state index contributed by atoms with van der Waals surface area (Å²) in [6.45, 7) is 11.3. The summed E-state index contributed by atoms with van der Waals surface area (Å²) in [7, 11) is 0. The lowest BCUT2D eigenvalue weighted by Gasteiger charge is -2.30. The maximum Gasteiger partial charge on any atom is 0.326 e. The van der Waals surface area contributed by atoms with Crippen molar-refractivity contribution in [2.45, 2.75) is 135 Å². The van der Waals surface area contributed by atoms with E-state index in [9.17, 15) is 53.7 Å². The molecule has 1 heterocycles. The standard InChI is InChI=1S/C42H67N11O11/c1-8-21(5)31(43)38(60)49-29(18-30(55)56)36(58)48-27(15-12-16-46-42(44)45)35(57)52-33(22(6)9-2)39(61)50-28(17-24-19-47-26-14-11-10-13-25(24)26)37(59)53-34(23(7)54)40(62)51-32(20(3)4)41(63)64/h10-11,13-14,19-23,27-29,31-34,47,54H,8-9,12,15-18,43H2,1-7H3,(H,48,58)(H,49,60)(H,50,61)(H,51,62)(H,52,57)(H,53,59)(H,55,56)(H,63,64)(H4,44,45,46)/t21-,22-,23+,27-,28-,29-,31-,32-,33-,34-/m0/s1. The summed E-state index contributed by atoms with van der Waals surface area (Å²) in [4.78, 5) is 113. The van der Waals surface area contributed by atoms with E-state index in [0.717, 1.165) is 5.52 Å². The molecule has 2 aromatic rings. The molecule has 0 fully saturated rings. The Balaban J connectivity index is 2.52. The van der Waals surface area contributed by atoms with Crippen molar-refractivity contribution in [1.29, 1.82) is 0 Å². The van der Waals surface area contributed by atoms with Crippen molar-refractivity contribution in [2.24, 2.45) is 39.9 Å². The second kappa shape index (κ2) is 25.7. The van der Waals surface area contributed by atoms with Crippen LogP contribution in [0, 0.1) is 17.8 Å². The predicted octanol–water partition coefficient (Wildman–Crippen LogP) is -1.31. The Labute approximate surface area is 372 Å². The van der Waals surface area contributed by atoms with E-state index in [-0.39, 0.29) is 37.7 Å². The Morgan fingerprint density at radius 2 is 1.22 bits per heavy atom. The number of hydrogen-bond donors (Lipinski definition) is 13. The summed E-state index contributed by atoms with van der Waals surface area (Å²) in [5, 5.41) is 45.6. The Hall–Kier alpha value is -6.29. The van der Waals surface area contributed by atoms with Crippen LogP contribution in [0.3, 0.4) is 0 Å². The van der Waals surface area contributed by atoms with Gasteiger partial charge in [-0.1, -0.05) is 72.6 Å². The number of rotatable bonds is 27. The number of nitrogens with two attached hydrogens (primary N) is 3. The fraction of sp³-hybridized carbons (Fsp3) is 0.595. The lowest BCUT2D eigenvalue weighted by Crippen LogP contribution is -2.62. The Morgan fingerprint density at radius 3 is 1.78 bits per heavy atom. The first-order valence-electron chi connectivity index (χ1n) is 21.3. The average molecular weight is 902 g/mol. The van der Waals surface area contributed by atoms with Crippen LogP contribution in [0.2, 0.25) is 0 Å². The number of H-pyrrole nitrogens is 1. The van der Waals surface area contributed by atoms with Gasteiger partial charge in [-0.2, -0.15) is 0 Å². The van der Waals surface area contributed by atoms with Gasteiger partial charge in [-0.15, -0.1) is 0 Å². The van der Waals surface area contributed by atoms with E-state index < -0.39 is 114 Å². The first-order valence-corrected chi connectivity index (χ1v) is 21.3. The number of fused-ring (bicyclic) bond motifs is 1. The van der Waals surface area contributed by atoms with E-state index in [1.807, 2.05) is 0 Å². The maximum atomic E-state index is 14.3. The number of carboxylic acids is 2. The van der Waals surface area contributed by atoms with Gasteiger partial charge in [0.05, 0.1) is 18.6 Å². The van der Waals surface area contributed by atoms with Crippen molar-refractivity contribution < 1.29 is 53.7 Å². The second-order valence-corrected chi connectivity index (χ2v) is 16.4. The first kappa shape index (κ1) is 53.8. The van der Waals surface area contributed by atoms with Crippen molar-refractivity contribution in [3.8, 4) is 0 Å². The number of benzene rings is 1. The van der Waals surface area contributed by atoms with Crippen LogP contribution < -0.4 is 49.1 Å². The highest BCUT2D eigenvalue weighted by atomic mass is 16.4. The third kappa shape index (κ3) is 16.4. The first-order chi connectivity index (χ1) is 30.0. The molecule has 1 aromatic carbocycles. The summed E-state index contributed by atoms with van der Waals surface area (Å²) < 4.78 is 0. The molecule has 0 radical (unpaired) electrons. The van der Waals surface area contributed by atoms with Gasteiger partial charge < -0.3 is 69.4 Å². The minimum absolute atomic E-state index is 0.0286. The van der Waals surface area contributed by atoms with Gasteiger partial charge in [-0.3, -0.25) is 38.6 Å². The zero-order valence-corrected chi connectivity index (χ0v) is 37.5. The number of carbonyl (C=O) groups is 8. The molecule has 64 heavy (non-hydrogen) atoms.